The van der Waals surface area contributed by atoms with E-state index in [4.69, 9.17) is 0 Å². The molecule has 1 aliphatic carbocycles. The van der Waals surface area contributed by atoms with E-state index >= 15 is 0 Å². The van der Waals surface area contributed by atoms with Crippen molar-refractivity contribution in [1.29, 1.82) is 0 Å². The quantitative estimate of drug-likeness (QED) is 0.368. The second-order valence-corrected chi connectivity index (χ2v) is 7.50. The van der Waals surface area contributed by atoms with Gasteiger partial charge in [-0.15, -0.1) is 0 Å². The Balaban J connectivity index is 0.00000121. The first kappa shape index (κ1) is 24.0. The fourth-order valence-electron chi connectivity index (χ4n) is 4.01. The van der Waals surface area contributed by atoms with Gasteiger partial charge in [0.15, 0.2) is 0 Å². The van der Waals surface area contributed by atoms with Crippen LogP contribution in [0.2, 0.25) is 0 Å². The van der Waals surface area contributed by atoms with Gasteiger partial charge in [-0.05, 0) is 0 Å². The summed E-state index contributed by atoms with van der Waals surface area (Å²) in [6, 6.07) is 30.7. The van der Waals surface area contributed by atoms with Gasteiger partial charge in [0.05, 0.1) is 0 Å². The van der Waals surface area contributed by atoms with E-state index in [2.05, 4.69) is 118 Å². The van der Waals surface area contributed by atoms with Crippen LogP contribution in [0.1, 0.15) is 35.1 Å². The summed E-state index contributed by atoms with van der Waals surface area (Å²) in [6.07, 6.45) is 2.35. The molecule has 0 heterocycles. The smallest absolute Gasteiger partial charge is 1.00 e. The minimum Gasteiger partial charge on any atom is -1.00 e. The molecule has 0 N–H and O–H groups in total. The van der Waals surface area contributed by atoms with Crippen LogP contribution in [0.25, 0.3) is 6.08 Å². The Morgan fingerprint density at radius 1 is 0.667 bits per heavy atom. The fourth-order valence-corrected chi connectivity index (χ4v) is 4.95. The van der Waals surface area contributed by atoms with Crippen LogP contribution >= 0.6 is 0 Å². The van der Waals surface area contributed by atoms with Crippen molar-refractivity contribution in [3.8, 4) is 0 Å². The number of allylic oxidation sites excluding steroid dienone is 1. The summed E-state index contributed by atoms with van der Waals surface area (Å²) in [5.74, 6) is 0.360. The summed E-state index contributed by atoms with van der Waals surface area (Å²) < 4.78 is 1.44. The molecule has 1 aliphatic rings. The average Bonchev–Trinajstić information content (AvgIpc) is 2.99. The molecular weight excluding hydrogens is 430 g/mol. The van der Waals surface area contributed by atoms with Gasteiger partial charge in [-0.3, -0.25) is 0 Å². The van der Waals surface area contributed by atoms with Crippen LogP contribution in [0.4, 0.5) is 0 Å². The van der Waals surface area contributed by atoms with E-state index < -0.39 is 0 Å². The standard InChI is InChI=1S/C23H19.3ClH.Ti/c1-23(19-11-4-2-5-12-19,20-13-6-3-7-14-20)22-17-16-18-10-8-9-15-21(18)22;;;;/h2-16,22H,1H3;3*1H;/q;;;;+3/p-3. The van der Waals surface area contributed by atoms with Gasteiger partial charge < -0.3 is 37.2 Å². The second kappa shape index (κ2) is 9.96. The zero-order chi connectivity index (χ0) is 16.6. The number of benzene rings is 3. The Labute approximate surface area is 192 Å². The molecular formula is C23H19Cl3Ti. The van der Waals surface area contributed by atoms with Gasteiger partial charge in [-0.2, -0.15) is 0 Å². The summed E-state index contributed by atoms with van der Waals surface area (Å²) in [4.78, 5) is 0. The number of hydrogen-bond donors (Lipinski definition) is 0. The number of rotatable bonds is 3. The normalized spacial score (nSPS) is 14.8. The minimum absolute atomic E-state index is 0. The van der Waals surface area contributed by atoms with Crippen molar-refractivity contribution < 1.29 is 57.7 Å². The largest absolute Gasteiger partial charge is 1.00 e. The number of hydrogen-bond acceptors (Lipinski definition) is 0. The Bertz CT molecular complexity index is 852. The Morgan fingerprint density at radius 2 is 1.11 bits per heavy atom. The zero-order valence-electron chi connectivity index (χ0n) is 14.9. The van der Waals surface area contributed by atoms with Crippen molar-refractivity contribution in [3.63, 3.8) is 0 Å². The van der Waals surface area contributed by atoms with Crippen molar-refractivity contribution in [2.45, 2.75) is 18.3 Å². The van der Waals surface area contributed by atoms with Crippen molar-refractivity contribution >= 4 is 6.08 Å². The van der Waals surface area contributed by atoms with Gasteiger partial charge in [0.25, 0.3) is 0 Å². The maximum absolute atomic E-state index is 2.39. The molecule has 0 aliphatic heterocycles. The van der Waals surface area contributed by atoms with Crippen molar-refractivity contribution in [1.82, 2.24) is 0 Å². The maximum Gasteiger partial charge on any atom is -1.00 e. The van der Waals surface area contributed by atoms with Crippen molar-refractivity contribution in [3.05, 3.63) is 111 Å². The van der Waals surface area contributed by atoms with Crippen molar-refractivity contribution in [2.24, 2.45) is 0 Å². The van der Waals surface area contributed by atoms with E-state index in [-0.39, 0.29) is 42.6 Å². The SMILES string of the molecule is CC(c1ccccc1)(c1ccccc1)C1[C]([Ti+3])=Cc2ccccc21.[Cl-].[Cl-].[Cl-]. The Kier molecular flexibility index (Phi) is 8.86. The van der Waals surface area contributed by atoms with Crippen LogP contribution in [-0.4, -0.2) is 0 Å². The molecule has 3 aromatic rings. The zero-order valence-corrected chi connectivity index (χ0v) is 18.7. The topological polar surface area (TPSA) is 0 Å². The molecule has 0 nitrogen and oxygen atoms in total. The van der Waals surface area contributed by atoms with Gasteiger partial charge >= 0.3 is 156 Å². The predicted molar refractivity (Wildman–Crippen MR) is 96.5 cm³/mol. The van der Waals surface area contributed by atoms with E-state index in [9.17, 15) is 0 Å². The molecule has 0 bridgehead atoms. The summed E-state index contributed by atoms with van der Waals surface area (Å²) in [6.45, 7) is 2.39. The summed E-state index contributed by atoms with van der Waals surface area (Å²) in [5, 5.41) is 0. The number of halogens is 3. The molecule has 0 saturated heterocycles. The third kappa shape index (κ3) is 4.21. The summed E-state index contributed by atoms with van der Waals surface area (Å²) in [5.41, 5.74) is 5.44. The van der Waals surface area contributed by atoms with E-state index in [1.807, 2.05) is 0 Å². The third-order valence-electron chi connectivity index (χ3n) is 5.25. The van der Waals surface area contributed by atoms with E-state index in [0.717, 1.165) is 0 Å². The molecule has 0 fully saturated rings. The van der Waals surface area contributed by atoms with Gasteiger partial charge in [0.1, 0.15) is 0 Å². The third-order valence-corrected chi connectivity index (χ3v) is 5.93. The van der Waals surface area contributed by atoms with Crippen LogP contribution in [-0.2, 0) is 25.9 Å². The second-order valence-electron chi connectivity index (χ2n) is 6.60. The van der Waals surface area contributed by atoms with E-state index in [1.54, 1.807) is 0 Å². The monoisotopic (exact) mass is 448 g/mol. The summed E-state index contributed by atoms with van der Waals surface area (Å²) >= 11 is 2.27. The molecule has 0 saturated carbocycles. The van der Waals surface area contributed by atoms with Gasteiger partial charge in [-0.1, -0.05) is 0 Å². The fraction of sp³-hybridized carbons (Fsp3) is 0.130. The Morgan fingerprint density at radius 3 is 1.63 bits per heavy atom. The molecule has 4 rings (SSSR count). The van der Waals surface area contributed by atoms with Crippen LogP contribution in [0, 0.1) is 0 Å². The maximum atomic E-state index is 2.39. The molecule has 1 unspecified atom stereocenters. The predicted octanol–water partition coefficient (Wildman–Crippen LogP) is -3.31. The number of fused-ring (bicyclic) bond motifs is 1. The molecule has 0 radical (unpaired) electrons. The first-order valence-electron chi connectivity index (χ1n) is 8.34. The molecule has 0 aromatic heterocycles. The van der Waals surface area contributed by atoms with Gasteiger partial charge in [0.2, 0.25) is 0 Å². The van der Waals surface area contributed by atoms with E-state index in [1.165, 1.54) is 26.1 Å². The molecule has 27 heavy (non-hydrogen) atoms. The van der Waals surface area contributed by atoms with Crippen LogP contribution < -0.4 is 37.2 Å². The molecule has 0 spiro atoms. The van der Waals surface area contributed by atoms with Crippen LogP contribution in [0.5, 0.6) is 0 Å². The van der Waals surface area contributed by atoms with E-state index in [0.29, 0.717) is 5.92 Å². The van der Waals surface area contributed by atoms with Gasteiger partial charge in [0, 0.05) is 0 Å². The van der Waals surface area contributed by atoms with Gasteiger partial charge in [-0.25, -0.2) is 0 Å². The molecule has 3 aromatic carbocycles. The molecule has 136 valence electrons. The molecule has 1 atom stereocenters. The molecule has 4 heteroatoms. The summed E-state index contributed by atoms with van der Waals surface area (Å²) in [7, 11) is 0. The van der Waals surface area contributed by atoms with Crippen molar-refractivity contribution in [2.75, 3.05) is 0 Å². The average molecular weight is 450 g/mol. The minimum atomic E-state index is -0.0876. The first-order chi connectivity index (χ1) is 11.7. The van der Waals surface area contributed by atoms with Crippen LogP contribution in [0.3, 0.4) is 0 Å². The first-order valence-corrected chi connectivity index (χ1v) is 9.12. The molecule has 0 amide bonds. The van der Waals surface area contributed by atoms with Crippen LogP contribution in [0.15, 0.2) is 88.8 Å². The Hall–Kier alpha value is -1.02.